The molecule has 0 aromatic carbocycles. The van der Waals surface area contributed by atoms with Crippen molar-refractivity contribution in [1.29, 1.82) is 0 Å². The fourth-order valence-electron chi connectivity index (χ4n) is 4.28. The van der Waals surface area contributed by atoms with Gasteiger partial charge in [0, 0.05) is 29.5 Å². The van der Waals surface area contributed by atoms with Crippen LogP contribution in [0.25, 0.3) is 0 Å². The standard InChI is InChI=1S/C19H22F2N2O4/c20-16(21)12-2-3-13(27-12)18(25)23-15-10-14(19(15)6-1-7-19)22-17(24)11-4-8-26-9-5-11/h2-4,14-16H,1,5-10H2,(H,22,24)(H,23,25). The molecular formula is C19H22F2N2O4. The molecule has 6 nitrogen and oxygen atoms in total. The summed E-state index contributed by atoms with van der Waals surface area (Å²) in [5, 5.41) is 6.00. The molecule has 0 radical (unpaired) electrons. The average Bonchev–Trinajstić information content (AvgIpc) is 3.10. The molecule has 8 heteroatoms. The molecule has 27 heavy (non-hydrogen) atoms. The SMILES string of the molecule is O=C(NC1CC(NC(=O)c2ccc(C(F)F)o2)C12CCC2)C1=CCOCC1. The summed E-state index contributed by atoms with van der Waals surface area (Å²) < 4.78 is 35.4. The van der Waals surface area contributed by atoms with E-state index in [1.165, 1.54) is 6.07 Å². The maximum Gasteiger partial charge on any atom is 0.295 e. The maximum absolute atomic E-state index is 12.6. The highest BCUT2D eigenvalue weighted by atomic mass is 19.3. The Morgan fingerprint density at radius 2 is 1.89 bits per heavy atom. The van der Waals surface area contributed by atoms with Gasteiger partial charge in [0.15, 0.2) is 11.5 Å². The largest absolute Gasteiger partial charge is 0.450 e. The van der Waals surface area contributed by atoms with Crippen LogP contribution < -0.4 is 10.6 Å². The van der Waals surface area contributed by atoms with Crippen molar-refractivity contribution < 1.29 is 27.5 Å². The fraction of sp³-hybridized carbons (Fsp3) is 0.579. The van der Waals surface area contributed by atoms with Crippen LogP contribution in [0.4, 0.5) is 8.78 Å². The highest BCUT2D eigenvalue weighted by Gasteiger charge is 2.59. The quantitative estimate of drug-likeness (QED) is 0.823. The lowest BCUT2D eigenvalue weighted by molar-refractivity contribution is -0.125. The summed E-state index contributed by atoms with van der Waals surface area (Å²) in [7, 11) is 0. The molecular weight excluding hydrogens is 358 g/mol. The number of amides is 2. The summed E-state index contributed by atoms with van der Waals surface area (Å²) in [6.07, 6.45) is 3.19. The zero-order chi connectivity index (χ0) is 19.0. The summed E-state index contributed by atoms with van der Waals surface area (Å²) in [4.78, 5) is 24.8. The third-order valence-electron chi connectivity index (χ3n) is 6.08. The van der Waals surface area contributed by atoms with Crippen molar-refractivity contribution in [3.05, 3.63) is 35.3 Å². The Morgan fingerprint density at radius 1 is 1.15 bits per heavy atom. The molecule has 2 fully saturated rings. The third-order valence-corrected chi connectivity index (χ3v) is 6.08. The molecule has 3 aliphatic rings. The molecule has 1 aromatic heterocycles. The minimum atomic E-state index is -2.74. The van der Waals surface area contributed by atoms with Crippen LogP contribution in [-0.4, -0.2) is 37.1 Å². The second kappa shape index (κ2) is 7.07. The van der Waals surface area contributed by atoms with Gasteiger partial charge in [-0.2, -0.15) is 0 Å². The molecule has 0 bridgehead atoms. The van der Waals surface area contributed by atoms with E-state index in [0.717, 1.165) is 30.9 Å². The van der Waals surface area contributed by atoms with Crippen LogP contribution >= 0.6 is 0 Å². The lowest BCUT2D eigenvalue weighted by Gasteiger charge is -2.61. The van der Waals surface area contributed by atoms with Crippen molar-refractivity contribution in [3.8, 4) is 0 Å². The Bertz CT molecular complexity index is 770. The van der Waals surface area contributed by atoms with Gasteiger partial charge in [-0.1, -0.05) is 12.5 Å². The zero-order valence-electron chi connectivity index (χ0n) is 14.8. The van der Waals surface area contributed by atoms with Crippen molar-refractivity contribution in [1.82, 2.24) is 10.6 Å². The second-order valence-electron chi connectivity index (χ2n) is 7.43. The summed E-state index contributed by atoms with van der Waals surface area (Å²) in [6, 6.07) is 2.30. The van der Waals surface area contributed by atoms with Crippen molar-refractivity contribution in [2.24, 2.45) is 5.41 Å². The van der Waals surface area contributed by atoms with E-state index in [1.54, 1.807) is 0 Å². The van der Waals surface area contributed by atoms with Crippen LogP contribution in [0.5, 0.6) is 0 Å². The van der Waals surface area contributed by atoms with Gasteiger partial charge < -0.3 is 19.8 Å². The molecule has 2 amide bonds. The van der Waals surface area contributed by atoms with E-state index in [-0.39, 0.29) is 29.2 Å². The molecule has 2 atom stereocenters. The van der Waals surface area contributed by atoms with E-state index in [4.69, 9.17) is 9.15 Å². The molecule has 2 saturated carbocycles. The van der Waals surface area contributed by atoms with Crippen LogP contribution in [0.2, 0.25) is 0 Å². The molecule has 2 N–H and O–H groups in total. The maximum atomic E-state index is 12.6. The lowest BCUT2D eigenvalue weighted by atomic mass is 9.49. The van der Waals surface area contributed by atoms with E-state index in [1.807, 2.05) is 6.08 Å². The van der Waals surface area contributed by atoms with Gasteiger partial charge in [-0.05, 0) is 31.4 Å². The number of furan rings is 1. The van der Waals surface area contributed by atoms with Gasteiger partial charge in [-0.3, -0.25) is 9.59 Å². The Kier molecular flexibility index (Phi) is 4.75. The van der Waals surface area contributed by atoms with Crippen molar-refractivity contribution in [3.63, 3.8) is 0 Å². The normalized spacial score (nSPS) is 26.1. The van der Waals surface area contributed by atoms with Crippen LogP contribution in [0.1, 0.15) is 54.8 Å². The van der Waals surface area contributed by atoms with Crippen LogP contribution in [-0.2, 0) is 9.53 Å². The first-order valence-electron chi connectivity index (χ1n) is 9.26. The molecule has 4 rings (SSSR count). The van der Waals surface area contributed by atoms with Crippen LogP contribution in [0, 0.1) is 5.41 Å². The number of ether oxygens (including phenoxy) is 1. The third kappa shape index (κ3) is 3.26. The second-order valence-corrected chi connectivity index (χ2v) is 7.43. The van der Waals surface area contributed by atoms with E-state index in [9.17, 15) is 18.4 Å². The topological polar surface area (TPSA) is 80.6 Å². The number of rotatable bonds is 5. The molecule has 2 unspecified atom stereocenters. The summed E-state index contributed by atoms with van der Waals surface area (Å²) in [5.74, 6) is -1.18. The summed E-state index contributed by atoms with van der Waals surface area (Å²) in [6.45, 7) is 1.01. The highest BCUT2D eigenvalue weighted by molar-refractivity contribution is 5.94. The Balaban J connectivity index is 1.37. The van der Waals surface area contributed by atoms with E-state index in [0.29, 0.717) is 26.1 Å². The Labute approximate surface area is 155 Å². The molecule has 146 valence electrons. The van der Waals surface area contributed by atoms with Crippen molar-refractivity contribution in [2.45, 2.75) is 50.6 Å². The lowest BCUT2D eigenvalue weighted by Crippen LogP contribution is -2.71. The number of halogens is 2. The number of carbonyl (C=O) groups is 2. The molecule has 2 heterocycles. The van der Waals surface area contributed by atoms with Gasteiger partial charge in [0.25, 0.3) is 12.3 Å². The van der Waals surface area contributed by atoms with Crippen molar-refractivity contribution >= 4 is 11.8 Å². The first-order valence-corrected chi connectivity index (χ1v) is 9.26. The number of nitrogens with one attached hydrogen (secondary N) is 2. The van der Waals surface area contributed by atoms with Gasteiger partial charge in [-0.25, -0.2) is 8.78 Å². The van der Waals surface area contributed by atoms with Gasteiger partial charge in [-0.15, -0.1) is 0 Å². The molecule has 1 aromatic rings. The predicted octanol–water partition coefficient (Wildman–Crippen LogP) is 2.72. The van der Waals surface area contributed by atoms with Gasteiger partial charge in [0.1, 0.15) is 0 Å². The first-order chi connectivity index (χ1) is 13.0. The minimum Gasteiger partial charge on any atom is -0.450 e. The van der Waals surface area contributed by atoms with Crippen LogP contribution in [0.15, 0.2) is 28.2 Å². The molecule has 1 aliphatic heterocycles. The van der Waals surface area contributed by atoms with Gasteiger partial charge in [0.05, 0.1) is 13.2 Å². The first kappa shape index (κ1) is 18.2. The molecule has 0 saturated heterocycles. The van der Waals surface area contributed by atoms with E-state index >= 15 is 0 Å². The Hall–Kier alpha value is -2.22. The number of carbonyl (C=O) groups excluding carboxylic acids is 2. The average molecular weight is 380 g/mol. The summed E-state index contributed by atoms with van der Waals surface area (Å²) >= 11 is 0. The van der Waals surface area contributed by atoms with Crippen LogP contribution in [0.3, 0.4) is 0 Å². The van der Waals surface area contributed by atoms with E-state index < -0.39 is 18.1 Å². The Morgan fingerprint density at radius 3 is 2.44 bits per heavy atom. The minimum absolute atomic E-state index is 0.0148. The smallest absolute Gasteiger partial charge is 0.295 e. The van der Waals surface area contributed by atoms with Gasteiger partial charge >= 0.3 is 0 Å². The van der Waals surface area contributed by atoms with Crippen molar-refractivity contribution in [2.75, 3.05) is 13.2 Å². The molecule has 1 spiro atoms. The highest BCUT2D eigenvalue weighted by Crippen LogP contribution is 2.56. The fourth-order valence-corrected chi connectivity index (χ4v) is 4.28. The predicted molar refractivity (Wildman–Crippen MR) is 91.3 cm³/mol. The molecule has 2 aliphatic carbocycles. The van der Waals surface area contributed by atoms with E-state index in [2.05, 4.69) is 10.6 Å². The number of alkyl halides is 2. The monoisotopic (exact) mass is 380 g/mol. The number of hydrogen-bond donors (Lipinski definition) is 2. The summed E-state index contributed by atoms with van der Waals surface area (Å²) in [5.41, 5.74) is 0.605. The van der Waals surface area contributed by atoms with Gasteiger partial charge in [0.2, 0.25) is 5.91 Å². The number of hydrogen-bond acceptors (Lipinski definition) is 4. The zero-order valence-corrected chi connectivity index (χ0v) is 14.8.